The van der Waals surface area contributed by atoms with Gasteiger partial charge in [0.25, 0.3) is 0 Å². The second-order valence-corrected chi connectivity index (χ2v) is 8.71. The summed E-state index contributed by atoms with van der Waals surface area (Å²) in [5, 5.41) is 2.35. The molecule has 0 N–H and O–H groups in total. The normalized spacial score (nSPS) is 11.1. The third-order valence-electron chi connectivity index (χ3n) is 4.54. The van der Waals surface area contributed by atoms with Crippen LogP contribution in [-0.4, -0.2) is 4.98 Å². The molecule has 1 heterocycles. The first-order chi connectivity index (χ1) is 13.9. The van der Waals surface area contributed by atoms with E-state index in [9.17, 15) is 0 Å². The van der Waals surface area contributed by atoms with Gasteiger partial charge in [-0.15, -0.1) is 0 Å². The van der Waals surface area contributed by atoms with Crippen LogP contribution in [0.1, 0.15) is 0 Å². The topological polar surface area (TPSA) is 12.9 Å². The van der Waals surface area contributed by atoms with Gasteiger partial charge in [-0.25, -0.2) is 4.98 Å². The fourth-order valence-corrected chi connectivity index (χ4v) is 5.13. The molecule has 0 spiro atoms. The van der Waals surface area contributed by atoms with Crippen molar-refractivity contribution in [1.29, 1.82) is 0 Å². The van der Waals surface area contributed by atoms with Gasteiger partial charge in [0.1, 0.15) is 0 Å². The lowest BCUT2D eigenvalue weighted by Gasteiger charge is -2.10. The Bertz CT molecular complexity index is 1150. The van der Waals surface area contributed by atoms with Crippen LogP contribution in [0.5, 0.6) is 0 Å². The zero-order chi connectivity index (χ0) is 18.8. The molecular weight excluding hydrogens is 378 g/mol. The number of benzene rings is 4. The molecule has 3 heteroatoms. The smallest absolute Gasteiger partial charge is 0.0849 e. The second-order valence-electron chi connectivity index (χ2n) is 6.47. The van der Waals surface area contributed by atoms with Gasteiger partial charge < -0.3 is 0 Å². The maximum absolute atomic E-state index is 5.13. The maximum Gasteiger partial charge on any atom is 0.0849 e. The van der Waals surface area contributed by atoms with E-state index in [1.165, 1.54) is 30.4 Å². The Kier molecular flexibility index (Phi) is 4.78. The van der Waals surface area contributed by atoms with Gasteiger partial charge >= 0.3 is 0 Å². The number of pyridine rings is 1. The molecule has 0 aliphatic heterocycles. The summed E-state index contributed by atoms with van der Waals surface area (Å²) in [6, 6.07) is 36.0. The van der Waals surface area contributed by atoms with Crippen LogP contribution < -0.4 is 0 Å². The standard InChI is InChI=1S/C25H17NS2/c1-3-11-20(12-4-1)27-22-15-7-9-18-17-19-10-8-16-23(25(19)26-24(18)22)28-21-13-5-2-6-14-21/h1-17H. The lowest BCUT2D eigenvalue weighted by Crippen LogP contribution is -1.88. The van der Waals surface area contributed by atoms with Crippen molar-refractivity contribution in [3.8, 4) is 0 Å². The van der Waals surface area contributed by atoms with E-state index in [0.717, 1.165) is 11.0 Å². The summed E-state index contributed by atoms with van der Waals surface area (Å²) in [4.78, 5) is 9.95. The van der Waals surface area contributed by atoms with Crippen molar-refractivity contribution in [2.45, 2.75) is 19.6 Å². The molecule has 5 aromatic rings. The third-order valence-corrected chi connectivity index (χ3v) is 6.65. The average molecular weight is 396 g/mol. The minimum atomic E-state index is 1.06. The number of para-hydroxylation sites is 2. The molecule has 0 saturated heterocycles. The Labute approximate surface area is 172 Å². The summed E-state index contributed by atoms with van der Waals surface area (Å²) in [5.41, 5.74) is 2.12. The van der Waals surface area contributed by atoms with Crippen molar-refractivity contribution >= 4 is 45.3 Å². The van der Waals surface area contributed by atoms with Crippen LogP contribution in [0.25, 0.3) is 21.8 Å². The third kappa shape index (κ3) is 3.51. The van der Waals surface area contributed by atoms with Gasteiger partial charge in [-0.3, -0.25) is 0 Å². The monoisotopic (exact) mass is 395 g/mol. The lowest BCUT2D eigenvalue weighted by atomic mass is 10.1. The number of nitrogens with zero attached hydrogens (tertiary/aromatic N) is 1. The highest BCUT2D eigenvalue weighted by molar-refractivity contribution is 7.99. The van der Waals surface area contributed by atoms with Gasteiger partial charge in [0, 0.05) is 30.4 Å². The second kappa shape index (κ2) is 7.70. The van der Waals surface area contributed by atoms with Gasteiger partial charge in [0.2, 0.25) is 0 Å². The molecule has 1 nitrogen and oxygen atoms in total. The van der Waals surface area contributed by atoms with E-state index in [2.05, 4.69) is 91.0 Å². The minimum absolute atomic E-state index is 1.06. The van der Waals surface area contributed by atoms with Gasteiger partial charge in [0.15, 0.2) is 0 Å². The summed E-state index contributed by atoms with van der Waals surface area (Å²) in [7, 11) is 0. The summed E-state index contributed by atoms with van der Waals surface area (Å²) < 4.78 is 0. The Hall–Kier alpha value is -2.75. The number of aromatic nitrogens is 1. The first-order valence-corrected chi connectivity index (χ1v) is 10.8. The van der Waals surface area contributed by atoms with Crippen LogP contribution in [0, 0.1) is 0 Å². The molecule has 5 rings (SSSR count). The Morgan fingerprint density at radius 1 is 0.464 bits per heavy atom. The predicted molar refractivity (Wildman–Crippen MR) is 120 cm³/mol. The van der Waals surface area contributed by atoms with E-state index in [4.69, 9.17) is 4.98 Å². The predicted octanol–water partition coefficient (Wildman–Crippen LogP) is 7.69. The molecule has 0 saturated carbocycles. The fourth-order valence-electron chi connectivity index (χ4n) is 3.23. The highest BCUT2D eigenvalue weighted by Crippen LogP contribution is 2.37. The molecule has 0 fully saturated rings. The van der Waals surface area contributed by atoms with E-state index in [1.54, 1.807) is 23.5 Å². The van der Waals surface area contributed by atoms with Gasteiger partial charge in [-0.05, 0) is 42.5 Å². The molecule has 1 aromatic heterocycles. The number of rotatable bonds is 4. The molecule has 0 unspecified atom stereocenters. The van der Waals surface area contributed by atoms with E-state index in [1.807, 2.05) is 12.1 Å². The number of hydrogen-bond acceptors (Lipinski definition) is 3. The van der Waals surface area contributed by atoms with Crippen molar-refractivity contribution in [3.05, 3.63) is 103 Å². The van der Waals surface area contributed by atoms with Crippen molar-refractivity contribution < 1.29 is 0 Å². The molecule has 0 aliphatic rings. The number of hydrogen-bond donors (Lipinski definition) is 0. The van der Waals surface area contributed by atoms with Crippen molar-refractivity contribution in [1.82, 2.24) is 4.98 Å². The first kappa shape index (κ1) is 17.4. The molecule has 28 heavy (non-hydrogen) atoms. The van der Waals surface area contributed by atoms with E-state index in [0.29, 0.717) is 0 Å². The summed E-state index contributed by atoms with van der Waals surface area (Å²) in [5.74, 6) is 0. The highest BCUT2D eigenvalue weighted by Gasteiger charge is 2.10. The lowest BCUT2D eigenvalue weighted by molar-refractivity contribution is 1.35. The molecule has 0 amide bonds. The minimum Gasteiger partial charge on any atom is -0.245 e. The highest BCUT2D eigenvalue weighted by atomic mass is 32.2. The Balaban J connectivity index is 1.64. The largest absolute Gasteiger partial charge is 0.245 e. The Morgan fingerprint density at radius 3 is 1.39 bits per heavy atom. The van der Waals surface area contributed by atoms with Gasteiger partial charge in [-0.2, -0.15) is 0 Å². The van der Waals surface area contributed by atoms with Crippen LogP contribution in [0.2, 0.25) is 0 Å². The Morgan fingerprint density at radius 2 is 0.929 bits per heavy atom. The van der Waals surface area contributed by atoms with Crippen molar-refractivity contribution in [2.75, 3.05) is 0 Å². The van der Waals surface area contributed by atoms with Gasteiger partial charge in [-0.1, -0.05) is 84.2 Å². The fraction of sp³-hybridized carbons (Fsp3) is 0. The zero-order valence-electron chi connectivity index (χ0n) is 15.1. The molecular formula is C25H17NS2. The SMILES string of the molecule is c1ccc(Sc2cccc3cc4cccc(Sc5ccccc5)c4nc23)cc1. The van der Waals surface area contributed by atoms with Crippen LogP contribution in [0.4, 0.5) is 0 Å². The molecule has 0 aliphatic carbocycles. The van der Waals surface area contributed by atoms with Crippen molar-refractivity contribution in [3.63, 3.8) is 0 Å². The van der Waals surface area contributed by atoms with E-state index in [-0.39, 0.29) is 0 Å². The van der Waals surface area contributed by atoms with Crippen LogP contribution in [0.15, 0.2) is 123 Å². The zero-order valence-corrected chi connectivity index (χ0v) is 16.7. The summed E-state index contributed by atoms with van der Waals surface area (Å²) >= 11 is 3.53. The quantitative estimate of drug-likeness (QED) is 0.289. The summed E-state index contributed by atoms with van der Waals surface area (Å²) in [6.07, 6.45) is 0. The van der Waals surface area contributed by atoms with Crippen molar-refractivity contribution in [2.24, 2.45) is 0 Å². The summed E-state index contributed by atoms with van der Waals surface area (Å²) in [6.45, 7) is 0. The maximum atomic E-state index is 5.13. The molecule has 4 aromatic carbocycles. The molecule has 134 valence electrons. The number of fused-ring (bicyclic) bond motifs is 2. The van der Waals surface area contributed by atoms with E-state index < -0.39 is 0 Å². The van der Waals surface area contributed by atoms with Crippen LogP contribution in [0.3, 0.4) is 0 Å². The first-order valence-electron chi connectivity index (χ1n) is 9.15. The van der Waals surface area contributed by atoms with Gasteiger partial charge in [0.05, 0.1) is 11.0 Å². The average Bonchev–Trinajstić information content (AvgIpc) is 2.75. The van der Waals surface area contributed by atoms with E-state index >= 15 is 0 Å². The molecule has 0 atom stereocenters. The van der Waals surface area contributed by atoms with Crippen LogP contribution >= 0.6 is 23.5 Å². The molecule has 0 bridgehead atoms. The molecule has 0 radical (unpaired) electrons. The van der Waals surface area contributed by atoms with Crippen LogP contribution in [-0.2, 0) is 0 Å².